The van der Waals surface area contributed by atoms with Crippen molar-refractivity contribution < 1.29 is 13.9 Å². The highest BCUT2D eigenvalue weighted by molar-refractivity contribution is 9.10. The molecule has 0 aromatic heterocycles. The number of halogens is 2. The van der Waals surface area contributed by atoms with Crippen molar-refractivity contribution in [3.05, 3.63) is 63.9 Å². The number of hydrogen-bond donors (Lipinski definition) is 0. The Morgan fingerprint density at radius 1 is 1.29 bits per heavy atom. The van der Waals surface area contributed by atoms with Crippen LogP contribution in [0, 0.1) is 5.82 Å². The van der Waals surface area contributed by atoms with E-state index in [0.29, 0.717) is 18.6 Å². The van der Waals surface area contributed by atoms with Gasteiger partial charge in [-0.05, 0) is 36.2 Å². The van der Waals surface area contributed by atoms with Crippen LogP contribution >= 0.6 is 15.9 Å². The van der Waals surface area contributed by atoms with Gasteiger partial charge < -0.3 is 4.74 Å². The van der Waals surface area contributed by atoms with Crippen molar-refractivity contribution in [1.82, 2.24) is 0 Å². The number of rotatable bonds is 3. The normalized spacial score (nSPS) is 17.0. The highest BCUT2D eigenvalue weighted by Crippen LogP contribution is 2.35. The molecule has 0 amide bonds. The zero-order chi connectivity index (χ0) is 14.8. The fourth-order valence-corrected chi connectivity index (χ4v) is 3.05. The minimum atomic E-state index is -0.326. The summed E-state index contributed by atoms with van der Waals surface area (Å²) >= 11 is 3.37. The van der Waals surface area contributed by atoms with E-state index >= 15 is 0 Å². The maximum Gasteiger partial charge on any atom is 0.145 e. The second-order valence-electron chi connectivity index (χ2n) is 5.11. The Bertz CT molecular complexity index is 684. The maximum absolute atomic E-state index is 13.3. The van der Waals surface area contributed by atoms with E-state index in [1.165, 1.54) is 12.1 Å². The summed E-state index contributed by atoms with van der Waals surface area (Å²) in [4.78, 5) is 12.6. The highest BCUT2D eigenvalue weighted by Gasteiger charge is 2.27. The van der Waals surface area contributed by atoms with Gasteiger partial charge in [0.1, 0.15) is 17.3 Å². The van der Waals surface area contributed by atoms with Crippen molar-refractivity contribution in [2.45, 2.75) is 18.8 Å². The molecule has 2 aromatic rings. The highest BCUT2D eigenvalue weighted by atomic mass is 79.9. The fraction of sp³-hybridized carbons (Fsp3) is 0.235. The molecule has 1 atom stereocenters. The molecule has 0 radical (unpaired) electrons. The number of carbonyl (C=O) groups excluding carboxylic acids is 1. The standard InChI is InChI=1S/C17H14BrFO2/c18-15-6-5-12(19)9-11(15)10-16(20)13-7-8-21-17-4-2-1-3-14(13)17/h1-6,9,13H,7-8,10H2. The number of carbonyl (C=O) groups is 1. The summed E-state index contributed by atoms with van der Waals surface area (Å²) in [5.41, 5.74) is 1.62. The van der Waals surface area contributed by atoms with E-state index in [1.807, 2.05) is 24.3 Å². The number of ketones is 1. The van der Waals surface area contributed by atoms with Gasteiger partial charge in [-0.3, -0.25) is 4.79 Å². The van der Waals surface area contributed by atoms with E-state index in [-0.39, 0.29) is 23.9 Å². The number of hydrogen-bond acceptors (Lipinski definition) is 2. The number of para-hydroxylation sites is 1. The van der Waals surface area contributed by atoms with Crippen molar-refractivity contribution in [3.63, 3.8) is 0 Å². The predicted molar refractivity (Wildman–Crippen MR) is 82.1 cm³/mol. The lowest BCUT2D eigenvalue weighted by atomic mass is 9.87. The van der Waals surface area contributed by atoms with Gasteiger partial charge in [-0.1, -0.05) is 34.1 Å². The van der Waals surface area contributed by atoms with E-state index in [0.717, 1.165) is 15.8 Å². The molecule has 0 spiro atoms. The minimum absolute atomic E-state index is 0.0945. The van der Waals surface area contributed by atoms with Crippen LogP contribution in [-0.4, -0.2) is 12.4 Å². The second kappa shape index (κ2) is 5.98. The third-order valence-corrected chi connectivity index (χ3v) is 4.49. The number of fused-ring (bicyclic) bond motifs is 1. The molecule has 1 aliphatic rings. The predicted octanol–water partition coefficient (Wildman–Crippen LogP) is 4.27. The van der Waals surface area contributed by atoms with Crippen LogP contribution < -0.4 is 4.74 Å². The summed E-state index contributed by atoms with van der Waals surface area (Å²) in [5, 5.41) is 0. The minimum Gasteiger partial charge on any atom is -0.493 e. The Kier molecular flexibility index (Phi) is 4.06. The Balaban J connectivity index is 1.85. The molecule has 3 rings (SSSR count). The van der Waals surface area contributed by atoms with Crippen LogP contribution in [0.15, 0.2) is 46.9 Å². The van der Waals surface area contributed by atoms with Crippen LogP contribution in [0.25, 0.3) is 0 Å². The molecule has 21 heavy (non-hydrogen) atoms. The summed E-state index contributed by atoms with van der Waals surface area (Å²) < 4.78 is 19.7. The van der Waals surface area contributed by atoms with Gasteiger partial charge in [-0.25, -0.2) is 4.39 Å². The smallest absolute Gasteiger partial charge is 0.145 e. The van der Waals surface area contributed by atoms with Crippen molar-refractivity contribution in [2.24, 2.45) is 0 Å². The van der Waals surface area contributed by atoms with Gasteiger partial charge in [0.05, 0.1) is 6.61 Å². The van der Waals surface area contributed by atoms with Crippen LogP contribution in [0.5, 0.6) is 5.75 Å². The topological polar surface area (TPSA) is 26.3 Å². The third kappa shape index (κ3) is 3.00. The van der Waals surface area contributed by atoms with Crippen LogP contribution in [0.4, 0.5) is 4.39 Å². The summed E-state index contributed by atoms with van der Waals surface area (Å²) in [7, 11) is 0. The molecule has 0 saturated heterocycles. The van der Waals surface area contributed by atoms with Gasteiger partial charge in [0, 0.05) is 22.4 Å². The molecule has 0 fully saturated rings. The van der Waals surface area contributed by atoms with Gasteiger partial charge in [0.25, 0.3) is 0 Å². The Morgan fingerprint density at radius 2 is 2.10 bits per heavy atom. The summed E-state index contributed by atoms with van der Waals surface area (Å²) in [6, 6.07) is 12.0. The van der Waals surface area contributed by atoms with Crippen LogP contribution in [0.3, 0.4) is 0 Å². The lowest BCUT2D eigenvalue weighted by Gasteiger charge is -2.25. The Morgan fingerprint density at radius 3 is 2.95 bits per heavy atom. The largest absolute Gasteiger partial charge is 0.493 e. The van der Waals surface area contributed by atoms with E-state index in [2.05, 4.69) is 15.9 Å². The molecule has 0 saturated carbocycles. The van der Waals surface area contributed by atoms with Crippen molar-refractivity contribution in [2.75, 3.05) is 6.61 Å². The molecule has 2 aromatic carbocycles. The van der Waals surface area contributed by atoms with Crippen molar-refractivity contribution in [3.8, 4) is 5.75 Å². The van der Waals surface area contributed by atoms with Crippen LogP contribution in [0.2, 0.25) is 0 Å². The molecule has 1 heterocycles. The number of Topliss-reactive ketones (excluding diaryl/α,β-unsaturated/α-hetero) is 1. The molecule has 1 aliphatic heterocycles. The molecule has 0 N–H and O–H groups in total. The third-order valence-electron chi connectivity index (χ3n) is 3.72. The zero-order valence-electron chi connectivity index (χ0n) is 11.3. The molecule has 108 valence electrons. The van der Waals surface area contributed by atoms with E-state index in [4.69, 9.17) is 4.74 Å². The first kappa shape index (κ1) is 14.3. The SMILES string of the molecule is O=C(Cc1cc(F)ccc1Br)C1CCOc2ccccc21. The molecule has 4 heteroatoms. The van der Waals surface area contributed by atoms with Crippen molar-refractivity contribution >= 4 is 21.7 Å². The quantitative estimate of drug-likeness (QED) is 0.827. The van der Waals surface area contributed by atoms with Gasteiger partial charge in [0.2, 0.25) is 0 Å². The Labute approximate surface area is 131 Å². The molecular weight excluding hydrogens is 335 g/mol. The van der Waals surface area contributed by atoms with Gasteiger partial charge in [-0.15, -0.1) is 0 Å². The monoisotopic (exact) mass is 348 g/mol. The lowest BCUT2D eigenvalue weighted by Crippen LogP contribution is -2.22. The maximum atomic E-state index is 13.3. The zero-order valence-corrected chi connectivity index (χ0v) is 12.9. The summed E-state index contributed by atoms with van der Waals surface area (Å²) in [6.07, 6.45) is 0.889. The van der Waals surface area contributed by atoms with Crippen molar-refractivity contribution in [1.29, 1.82) is 0 Å². The van der Waals surface area contributed by atoms with E-state index < -0.39 is 0 Å². The number of ether oxygens (including phenoxy) is 1. The summed E-state index contributed by atoms with van der Waals surface area (Å²) in [5.74, 6) is 0.371. The van der Waals surface area contributed by atoms with E-state index in [9.17, 15) is 9.18 Å². The van der Waals surface area contributed by atoms with Crippen LogP contribution in [-0.2, 0) is 11.2 Å². The average molecular weight is 349 g/mol. The first-order valence-electron chi connectivity index (χ1n) is 6.83. The molecule has 1 unspecified atom stereocenters. The fourth-order valence-electron chi connectivity index (χ4n) is 2.67. The Hall–Kier alpha value is -1.68. The van der Waals surface area contributed by atoms with Gasteiger partial charge >= 0.3 is 0 Å². The molecule has 0 bridgehead atoms. The summed E-state index contributed by atoms with van der Waals surface area (Å²) in [6.45, 7) is 0.539. The lowest BCUT2D eigenvalue weighted by molar-refractivity contribution is -0.120. The van der Waals surface area contributed by atoms with Gasteiger partial charge in [-0.2, -0.15) is 0 Å². The first-order valence-corrected chi connectivity index (χ1v) is 7.63. The van der Waals surface area contributed by atoms with E-state index in [1.54, 1.807) is 6.07 Å². The molecule has 0 aliphatic carbocycles. The average Bonchev–Trinajstić information content (AvgIpc) is 2.50. The van der Waals surface area contributed by atoms with Gasteiger partial charge in [0.15, 0.2) is 0 Å². The second-order valence-corrected chi connectivity index (χ2v) is 5.96. The van der Waals surface area contributed by atoms with Crippen LogP contribution in [0.1, 0.15) is 23.5 Å². The molecule has 2 nitrogen and oxygen atoms in total. The number of benzene rings is 2. The first-order chi connectivity index (χ1) is 10.1. The molecular formula is C17H14BrFO2.